The largest absolute Gasteiger partial charge is 0.544 e. The second-order valence-corrected chi connectivity index (χ2v) is 6.56. The second kappa shape index (κ2) is 7.55. The Morgan fingerprint density at radius 2 is 1.88 bits per heavy atom. The van der Waals surface area contributed by atoms with E-state index in [0.29, 0.717) is 10.6 Å². The Kier molecular flexibility index (Phi) is 5.21. The summed E-state index contributed by atoms with van der Waals surface area (Å²) in [6, 6.07) is 14.5. The van der Waals surface area contributed by atoms with Crippen molar-refractivity contribution < 1.29 is 14.3 Å². The van der Waals surface area contributed by atoms with E-state index in [2.05, 4.69) is 10.2 Å². The molecule has 0 saturated carbocycles. The molecule has 0 aliphatic heterocycles. The number of carboxylic acids is 1. The van der Waals surface area contributed by atoms with Crippen LogP contribution in [0.15, 0.2) is 63.1 Å². The molecule has 1 aromatic heterocycles. The Labute approximate surface area is 153 Å². The van der Waals surface area contributed by atoms with Crippen LogP contribution in [0.4, 0.5) is 0 Å². The maximum Gasteiger partial charge on any atom is 0.281 e. The minimum absolute atomic E-state index is 0.0294. The predicted octanol–water partition coefficient (Wildman–Crippen LogP) is 3.58. The summed E-state index contributed by atoms with van der Waals surface area (Å²) in [5, 5.41) is 19.7. The van der Waals surface area contributed by atoms with Gasteiger partial charge in [0.05, 0.1) is 16.6 Å². The van der Waals surface area contributed by atoms with Crippen LogP contribution < -0.4 is 5.11 Å². The van der Waals surface area contributed by atoms with Crippen molar-refractivity contribution in [1.29, 1.82) is 0 Å². The lowest BCUT2D eigenvalue weighted by Gasteiger charge is -2.05. The van der Waals surface area contributed by atoms with Crippen LogP contribution in [0.25, 0.3) is 17.5 Å². The summed E-state index contributed by atoms with van der Waals surface area (Å²) in [5.74, 6) is -1.09. The first-order valence-electron chi connectivity index (χ1n) is 7.29. The standard InChI is InChI=1S/C18H13ClN2O3S/c1-11-6-8-12(9-7-11)10-15(17(22)23)25-18-21-20-16(24-18)13-4-2-3-5-14(13)19/h2-10H,1H3,(H,22,23)/p-1/b15-10+. The molecule has 0 aliphatic carbocycles. The number of carbonyl (C=O) groups is 1. The van der Waals surface area contributed by atoms with Crippen molar-refractivity contribution in [2.75, 3.05) is 0 Å². The quantitative estimate of drug-likeness (QED) is 0.503. The molecule has 0 unspecified atom stereocenters. The summed E-state index contributed by atoms with van der Waals surface area (Å²) in [6.07, 6.45) is 1.50. The number of carboxylic acid groups (broad SMARTS) is 1. The molecule has 0 bridgehead atoms. The number of aliphatic carboxylic acids is 1. The van der Waals surface area contributed by atoms with E-state index in [-0.39, 0.29) is 16.0 Å². The normalized spacial score (nSPS) is 11.5. The maximum absolute atomic E-state index is 11.4. The third-order valence-corrected chi connectivity index (χ3v) is 4.46. The molecule has 2 aromatic carbocycles. The van der Waals surface area contributed by atoms with Crippen LogP contribution in [0.5, 0.6) is 0 Å². The van der Waals surface area contributed by atoms with Crippen LogP contribution in [0, 0.1) is 6.92 Å². The van der Waals surface area contributed by atoms with Gasteiger partial charge in [0, 0.05) is 4.91 Å². The van der Waals surface area contributed by atoms with Gasteiger partial charge in [0.2, 0.25) is 5.89 Å². The van der Waals surface area contributed by atoms with Gasteiger partial charge >= 0.3 is 0 Å². The first kappa shape index (κ1) is 17.3. The zero-order valence-corrected chi connectivity index (χ0v) is 14.7. The summed E-state index contributed by atoms with van der Waals surface area (Å²) >= 11 is 6.93. The average Bonchev–Trinajstić information content (AvgIpc) is 3.05. The Bertz CT molecular complexity index is 936. The van der Waals surface area contributed by atoms with Crippen LogP contribution in [0.2, 0.25) is 5.02 Å². The fourth-order valence-electron chi connectivity index (χ4n) is 2.03. The van der Waals surface area contributed by atoms with Crippen LogP contribution in [0.3, 0.4) is 0 Å². The van der Waals surface area contributed by atoms with Crippen molar-refractivity contribution in [2.24, 2.45) is 0 Å². The SMILES string of the molecule is Cc1ccc(/C=C(/Sc2nnc(-c3ccccc3Cl)o2)C(=O)[O-])cc1. The molecule has 25 heavy (non-hydrogen) atoms. The molecule has 1 heterocycles. The second-order valence-electron chi connectivity index (χ2n) is 5.16. The number of hydrogen-bond acceptors (Lipinski definition) is 6. The van der Waals surface area contributed by atoms with Gasteiger partial charge in [-0.1, -0.05) is 53.6 Å². The topological polar surface area (TPSA) is 79.0 Å². The zero-order valence-electron chi connectivity index (χ0n) is 13.1. The molecule has 0 aliphatic rings. The van der Waals surface area contributed by atoms with Crippen molar-refractivity contribution in [3.8, 4) is 11.5 Å². The number of halogens is 1. The molecular weight excluding hydrogens is 360 g/mol. The minimum atomic E-state index is -1.32. The number of rotatable bonds is 5. The summed E-state index contributed by atoms with van der Waals surface area (Å²) in [5.41, 5.74) is 2.41. The van der Waals surface area contributed by atoms with E-state index < -0.39 is 5.97 Å². The van der Waals surface area contributed by atoms with E-state index in [1.165, 1.54) is 6.08 Å². The Morgan fingerprint density at radius 1 is 1.16 bits per heavy atom. The van der Waals surface area contributed by atoms with Crippen molar-refractivity contribution >= 4 is 35.4 Å². The third-order valence-electron chi connectivity index (χ3n) is 3.28. The molecule has 0 atom stereocenters. The molecule has 0 saturated heterocycles. The van der Waals surface area contributed by atoms with Gasteiger partial charge < -0.3 is 14.3 Å². The first-order valence-corrected chi connectivity index (χ1v) is 8.48. The lowest BCUT2D eigenvalue weighted by atomic mass is 10.1. The summed E-state index contributed by atoms with van der Waals surface area (Å²) in [6.45, 7) is 1.95. The van der Waals surface area contributed by atoms with Gasteiger partial charge in [-0.3, -0.25) is 0 Å². The van der Waals surface area contributed by atoms with Crippen LogP contribution in [-0.2, 0) is 4.79 Å². The first-order chi connectivity index (χ1) is 12.0. The molecule has 0 spiro atoms. The van der Waals surface area contributed by atoms with E-state index >= 15 is 0 Å². The van der Waals surface area contributed by atoms with Gasteiger partial charge in [0.25, 0.3) is 5.22 Å². The zero-order chi connectivity index (χ0) is 17.8. The summed E-state index contributed by atoms with van der Waals surface area (Å²) in [7, 11) is 0. The van der Waals surface area contributed by atoms with Crippen molar-refractivity contribution in [3.05, 3.63) is 69.6 Å². The molecule has 0 fully saturated rings. The van der Waals surface area contributed by atoms with Crippen LogP contribution >= 0.6 is 23.4 Å². The van der Waals surface area contributed by atoms with Crippen LogP contribution in [-0.4, -0.2) is 16.2 Å². The number of aromatic nitrogens is 2. The molecule has 0 radical (unpaired) electrons. The number of nitrogens with zero attached hydrogens (tertiary/aromatic N) is 2. The summed E-state index contributed by atoms with van der Waals surface area (Å²) < 4.78 is 5.51. The monoisotopic (exact) mass is 371 g/mol. The average molecular weight is 372 g/mol. The van der Waals surface area contributed by atoms with E-state index in [1.54, 1.807) is 24.3 Å². The molecule has 3 rings (SSSR count). The minimum Gasteiger partial charge on any atom is -0.544 e. The maximum atomic E-state index is 11.4. The van der Waals surface area contributed by atoms with Gasteiger partial charge in [-0.25, -0.2) is 0 Å². The van der Waals surface area contributed by atoms with Gasteiger partial charge in [0.15, 0.2) is 0 Å². The number of carbonyl (C=O) groups excluding carboxylic acids is 1. The molecule has 0 amide bonds. The highest BCUT2D eigenvalue weighted by Crippen LogP contribution is 2.32. The smallest absolute Gasteiger partial charge is 0.281 e. The Balaban J connectivity index is 1.85. The van der Waals surface area contributed by atoms with E-state index in [1.807, 2.05) is 31.2 Å². The molecule has 126 valence electrons. The van der Waals surface area contributed by atoms with E-state index in [4.69, 9.17) is 16.0 Å². The molecule has 0 N–H and O–H groups in total. The molecular formula is C18H12ClN2O3S-. The molecule has 7 heteroatoms. The lowest BCUT2D eigenvalue weighted by Crippen LogP contribution is -2.23. The summed E-state index contributed by atoms with van der Waals surface area (Å²) in [4.78, 5) is 11.4. The highest BCUT2D eigenvalue weighted by atomic mass is 35.5. The van der Waals surface area contributed by atoms with Crippen molar-refractivity contribution in [2.45, 2.75) is 12.1 Å². The number of thioether (sulfide) groups is 1. The van der Waals surface area contributed by atoms with Crippen molar-refractivity contribution in [1.82, 2.24) is 10.2 Å². The molecule has 5 nitrogen and oxygen atoms in total. The van der Waals surface area contributed by atoms with Gasteiger partial charge in [-0.2, -0.15) is 0 Å². The Morgan fingerprint density at radius 3 is 2.56 bits per heavy atom. The van der Waals surface area contributed by atoms with E-state index in [0.717, 1.165) is 22.9 Å². The van der Waals surface area contributed by atoms with Gasteiger partial charge in [-0.05, 0) is 42.5 Å². The number of aryl methyl sites for hydroxylation is 1. The van der Waals surface area contributed by atoms with Gasteiger partial charge in [0.1, 0.15) is 0 Å². The van der Waals surface area contributed by atoms with Crippen LogP contribution in [0.1, 0.15) is 11.1 Å². The molecule has 3 aromatic rings. The Hall–Kier alpha value is -2.57. The number of hydrogen-bond donors (Lipinski definition) is 0. The lowest BCUT2D eigenvalue weighted by molar-refractivity contribution is -0.298. The highest BCUT2D eigenvalue weighted by molar-refractivity contribution is 8.03. The number of benzene rings is 2. The van der Waals surface area contributed by atoms with Crippen molar-refractivity contribution in [3.63, 3.8) is 0 Å². The highest BCUT2D eigenvalue weighted by Gasteiger charge is 2.14. The fourth-order valence-corrected chi connectivity index (χ4v) is 2.92. The fraction of sp³-hybridized carbons (Fsp3) is 0.0556. The predicted molar refractivity (Wildman–Crippen MR) is 94.8 cm³/mol. The van der Waals surface area contributed by atoms with E-state index in [9.17, 15) is 9.90 Å². The third kappa shape index (κ3) is 4.29. The van der Waals surface area contributed by atoms with Gasteiger partial charge in [-0.15, -0.1) is 10.2 Å².